The van der Waals surface area contributed by atoms with Crippen molar-refractivity contribution in [3.05, 3.63) is 29.8 Å². The lowest BCUT2D eigenvalue weighted by molar-refractivity contribution is 0.149. The summed E-state index contributed by atoms with van der Waals surface area (Å²) in [6.45, 7) is 4.93. The van der Waals surface area contributed by atoms with Crippen molar-refractivity contribution in [2.75, 3.05) is 6.61 Å². The number of hydrogen-bond acceptors (Lipinski definition) is 3. The molecular formula is C13H21NO2. The van der Waals surface area contributed by atoms with Crippen LogP contribution in [0.5, 0.6) is 5.75 Å². The minimum absolute atomic E-state index is 0.138. The van der Waals surface area contributed by atoms with Gasteiger partial charge in [-0.15, -0.1) is 0 Å². The number of benzene rings is 1. The quantitative estimate of drug-likeness (QED) is 0.691. The van der Waals surface area contributed by atoms with Crippen LogP contribution in [-0.4, -0.2) is 22.4 Å². The highest BCUT2D eigenvalue weighted by molar-refractivity contribution is 5.27. The summed E-state index contributed by atoms with van der Waals surface area (Å²) in [6.07, 6.45) is 1.78. The molecule has 1 aromatic rings. The molecule has 0 unspecified atom stereocenters. The average Bonchev–Trinajstić information content (AvgIpc) is 2.32. The predicted molar refractivity (Wildman–Crippen MR) is 65.3 cm³/mol. The lowest BCUT2D eigenvalue weighted by Gasteiger charge is -2.31. The molecule has 0 aliphatic carbocycles. The highest BCUT2D eigenvalue weighted by Crippen LogP contribution is 2.16. The van der Waals surface area contributed by atoms with E-state index in [0.29, 0.717) is 6.54 Å². The molecule has 0 radical (unpaired) electrons. The van der Waals surface area contributed by atoms with Crippen molar-refractivity contribution in [3.8, 4) is 5.75 Å². The number of rotatable bonds is 6. The first kappa shape index (κ1) is 13.0. The van der Waals surface area contributed by atoms with E-state index in [2.05, 4.69) is 19.2 Å². The highest BCUT2D eigenvalue weighted by Gasteiger charge is 2.23. The predicted octanol–water partition coefficient (Wildman–Crippen LogP) is 2.03. The van der Waals surface area contributed by atoms with Crippen molar-refractivity contribution in [1.82, 2.24) is 5.32 Å². The minimum Gasteiger partial charge on any atom is -0.508 e. The van der Waals surface area contributed by atoms with Gasteiger partial charge in [0.25, 0.3) is 0 Å². The first-order valence-electron chi connectivity index (χ1n) is 5.79. The molecule has 0 aromatic heterocycles. The highest BCUT2D eigenvalue weighted by atomic mass is 16.3. The molecule has 3 nitrogen and oxygen atoms in total. The van der Waals surface area contributed by atoms with Gasteiger partial charge in [0, 0.05) is 12.1 Å². The fourth-order valence-corrected chi connectivity index (χ4v) is 1.74. The molecule has 0 amide bonds. The number of phenols is 1. The van der Waals surface area contributed by atoms with Crippen molar-refractivity contribution in [2.24, 2.45) is 0 Å². The van der Waals surface area contributed by atoms with E-state index in [0.717, 1.165) is 18.4 Å². The maximum atomic E-state index is 9.40. The standard InChI is InChI=1S/C13H21NO2/c1-3-13(4-2,10-15)14-9-11-6-5-7-12(16)8-11/h5-8,14-16H,3-4,9-10H2,1-2H3. The zero-order valence-corrected chi connectivity index (χ0v) is 10.0. The molecule has 0 atom stereocenters. The summed E-state index contributed by atoms with van der Waals surface area (Å²) in [6, 6.07) is 7.17. The smallest absolute Gasteiger partial charge is 0.115 e. The summed E-state index contributed by atoms with van der Waals surface area (Å²) in [5.41, 5.74) is 0.825. The van der Waals surface area contributed by atoms with Crippen LogP contribution in [0.25, 0.3) is 0 Å². The summed E-state index contributed by atoms with van der Waals surface area (Å²) in [7, 11) is 0. The molecule has 0 spiro atoms. The Bertz CT molecular complexity index is 313. The maximum absolute atomic E-state index is 9.40. The van der Waals surface area contributed by atoms with Crippen LogP contribution in [0.15, 0.2) is 24.3 Å². The Kier molecular flexibility index (Phi) is 4.77. The van der Waals surface area contributed by atoms with Gasteiger partial charge in [-0.05, 0) is 30.5 Å². The average molecular weight is 223 g/mol. The normalized spacial score (nSPS) is 11.7. The van der Waals surface area contributed by atoms with Crippen LogP contribution in [0.1, 0.15) is 32.3 Å². The molecule has 0 heterocycles. The van der Waals surface area contributed by atoms with E-state index < -0.39 is 0 Å². The van der Waals surface area contributed by atoms with E-state index in [1.54, 1.807) is 12.1 Å². The maximum Gasteiger partial charge on any atom is 0.115 e. The first-order chi connectivity index (χ1) is 7.65. The number of nitrogens with one attached hydrogen (secondary N) is 1. The molecule has 3 N–H and O–H groups in total. The summed E-state index contributed by atoms with van der Waals surface area (Å²) in [5, 5.41) is 22.1. The SMILES string of the molecule is CCC(CC)(CO)NCc1cccc(O)c1. The van der Waals surface area contributed by atoms with Crippen molar-refractivity contribution < 1.29 is 10.2 Å². The Balaban J connectivity index is 2.62. The molecule has 16 heavy (non-hydrogen) atoms. The Morgan fingerprint density at radius 3 is 2.44 bits per heavy atom. The fraction of sp³-hybridized carbons (Fsp3) is 0.538. The molecular weight excluding hydrogens is 202 g/mol. The molecule has 0 bridgehead atoms. The molecule has 0 saturated carbocycles. The molecule has 1 rings (SSSR count). The molecule has 1 aromatic carbocycles. The topological polar surface area (TPSA) is 52.5 Å². The van der Waals surface area contributed by atoms with Crippen LogP contribution in [-0.2, 0) is 6.54 Å². The summed E-state index contributed by atoms with van der Waals surface area (Å²) >= 11 is 0. The lowest BCUT2D eigenvalue weighted by Crippen LogP contribution is -2.47. The molecule has 0 saturated heterocycles. The lowest BCUT2D eigenvalue weighted by atomic mass is 9.93. The molecule has 90 valence electrons. The molecule has 0 aliphatic rings. The third-order valence-electron chi connectivity index (χ3n) is 3.23. The zero-order valence-electron chi connectivity index (χ0n) is 10.0. The van der Waals surface area contributed by atoms with Gasteiger partial charge in [0.15, 0.2) is 0 Å². The van der Waals surface area contributed by atoms with Gasteiger partial charge in [0.05, 0.1) is 6.61 Å². The fourth-order valence-electron chi connectivity index (χ4n) is 1.74. The zero-order chi connectivity index (χ0) is 12.0. The van der Waals surface area contributed by atoms with Crippen LogP contribution in [0.4, 0.5) is 0 Å². The van der Waals surface area contributed by atoms with Gasteiger partial charge >= 0.3 is 0 Å². The van der Waals surface area contributed by atoms with E-state index in [1.807, 2.05) is 12.1 Å². The van der Waals surface area contributed by atoms with Gasteiger partial charge in [0.2, 0.25) is 0 Å². The van der Waals surface area contributed by atoms with Gasteiger partial charge in [-0.1, -0.05) is 26.0 Å². The third-order valence-corrected chi connectivity index (χ3v) is 3.23. The van der Waals surface area contributed by atoms with E-state index in [1.165, 1.54) is 0 Å². The Morgan fingerprint density at radius 2 is 1.94 bits per heavy atom. The van der Waals surface area contributed by atoms with Crippen molar-refractivity contribution >= 4 is 0 Å². The van der Waals surface area contributed by atoms with Gasteiger partial charge < -0.3 is 15.5 Å². The summed E-state index contributed by atoms with van der Waals surface area (Å²) in [4.78, 5) is 0. The first-order valence-corrected chi connectivity index (χ1v) is 5.79. The van der Waals surface area contributed by atoms with Crippen LogP contribution >= 0.6 is 0 Å². The molecule has 3 heteroatoms. The monoisotopic (exact) mass is 223 g/mol. The van der Waals surface area contributed by atoms with Crippen molar-refractivity contribution in [2.45, 2.75) is 38.8 Å². The second-order valence-electron chi connectivity index (χ2n) is 4.17. The van der Waals surface area contributed by atoms with E-state index in [9.17, 15) is 10.2 Å². The van der Waals surface area contributed by atoms with Crippen LogP contribution in [0.2, 0.25) is 0 Å². The molecule has 0 fully saturated rings. The van der Waals surface area contributed by atoms with Gasteiger partial charge in [-0.2, -0.15) is 0 Å². The van der Waals surface area contributed by atoms with Crippen LogP contribution in [0.3, 0.4) is 0 Å². The Labute approximate surface area is 97.1 Å². The summed E-state index contributed by atoms with van der Waals surface area (Å²) in [5.74, 6) is 0.280. The number of aliphatic hydroxyl groups is 1. The Hall–Kier alpha value is -1.06. The third kappa shape index (κ3) is 3.22. The second kappa shape index (κ2) is 5.87. The van der Waals surface area contributed by atoms with Crippen molar-refractivity contribution in [3.63, 3.8) is 0 Å². The van der Waals surface area contributed by atoms with Crippen molar-refractivity contribution in [1.29, 1.82) is 0 Å². The van der Waals surface area contributed by atoms with Crippen LogP contribution < -0.4 is 5.32 Å². The van der Waals surface area contributed by atoms with Crippen LogP contribution in [0, 0.1) is 0 Å². The van der Waals surface area contributed by atoms with Gasteiger partial charge in [-0.25, -0.2) is 0 Å². The van der Waals surface area contributed by atoms with Gasteiger partial charge in [-0.3, -0.25) is 0 Å². The Morgan fingerprint density at radius 1 is 1.25 bits per heavy atom. The van der Waals surface area contributed by atoms with Gasteiger partial charge in [0.1, 0.15) is 5.75 Å². The van der Waals surface area contributed by atoms with E-state index in [-0.39, 0.29) is 17.9 Å². The summed E-state index contributed by atoms with van der Waals surface area (Å²) < 4.78 is 0. The van der Waals surface area contributed by atoms with E-state index >= 15 is 0 Å². The second-order valence-corrected chi connectivity index (χ2v) is 4.17. The van der Waals surface area contributed by atoms with E-state index in [4.69, 9.17) is 0 Å². The number of hydrogen-bond donors (Lipinski definition) is 3. The molecule has 0 aliphatic heterocycles. The largest absolute Gasteiger partial charge is 0.508 e. The number of aromatic hydroxyl groups is 1. The number of aliphatic hydroxyl groups excluding tert-OH is 1. The minimum atomic E-state index is -0.203. The number of phenolic OH excluding ortho intramolecular Hbond substituents is 1.